The molecule has 3 rings (SSSR count). The zero-order valence-electron chi connectivity index (χ0n) is 11.4. The lowest BCUT2D eigenvalue weighted by Crippen LogP contribution is -2.28. The summed E-state index contributed by atoms with van der Waals surface area (Å²) < 4.78 is 0. The second-order valence-electron chi connectivity index (χ2n) is 5.22. The first-order valence-corrected chi connectivity index (χ1v) is 6.87. The molecular weight excluding hydrogens is 254 g/mol. The number of nitrogens with one attached hydrogen (secondary N) is 2. The first-order valence-electron chi connectivity index (χ1n) is 6.87. The van der Waals surface area contributed by atoms with Gasteiger partial charge in [-0.2, -0.15) is 5.21 Å². The lowest BCUT2D eigenvalue weighted by atomic mass is 10.1. The Labute approximate surface area is 117 Å². The maximum Gasteiger partial charge on any atom is 0.251 e. The number of aromatic nitrogens is 4. The quantitative estimate of drug-likeness (QED) is 0.875. The minimum Gasteiger partial charge on any atom is -0.351 e. The standard InChI is InChI=1S/C14H17N5O/c1-9(13-16-18-19-17-13)8-15-14(20)12-6-5-10-3-2-4-11(10)7-12/h5-7,9H,2-4,8H2,1H3,(H,15,20)(H,16,17,18,19). The van der Waals surface area contributed by atoms with Gasteiger partial charge >= 0.3 is 0 Å². The Bertz CT molecular complexity index is 608. The number of carbonyl (C=O) groups is 1. The van der Waals surface area contributed by atoms with Crippen LogP contribution in [-0.4, -0.2) is 33.1 Å². The van der Waals surface area contributed by atoms with Gasteiger partial charge in [-0.05, 0) is 42.5 Å². The van der Waals surface area contributed by atoms with E-state index in [1.807, 2.05) is 19.1 Å². The molecule has 0 radical (unpaired) electrons. The molecule has 0 fully saturated rings. The minimum atomic E-state index is -0.0463. The van der Waals surface area contributed by atoms with Crippen molar-refractivity contribution in [1.82, 2.24) is 25.9 Å². The van der Waals surface area contributed by atoms with Gasteiger partial charge in [0.25, 0.3) is 5.91 Å². The molecule has 104 valence electrons. The SMILES string of the molecule is CC(CNC(=O)c1ccc2c(c1)CCC2)c1nn[nH]n1. The van der Waals surface area contributed by atoms with E-state index >= 15 is 0 Å². The normalized spacial score (nSPS) is 14.8. The number of carbonyl (C=O) groups excluding carboxylic acids is 1. The van der Waals surface area contributed by atoms with Gasteiger partial charge in [0.2, 0.25) is 0 Å². The molecule has 2 aromatic rings. The molecule has 1 atom stereocenters. The summed E-state index contributed by atoms with van der Waals surface area (Å²) in [7, 11) is 0. The highest BCUT2D eigenvalue weighted by molar-refractivity contribution is 5.94. The van der Waals surface area contributed by atoms with Crippen molar-refractivity contribution in [1.29, 1.82) is 0 Å². The molecule has 6 nitrogen and oxygen atoms in total. The molecule has 6 heteroatoms. The summed E-state index contributed by atoms with van der Waals surface area (Å²) in [5.41, 5.74) is 3.41. The average Bonchev–Trinajstić information content (AvgIpc) is 3.13. The Kier molecular flexibility index (Phi) is 3.45. The van der Waals surface area contributed by atoms with Crippen LogP contribution in [0.15, 0.2) is 18.2 Å². The van der Waals surface area contributed by atoms with Crippen molar-refractivity contribution in [2.45, 2.75) is 32.1 Å². The minimum absolute atomic E-state index is 0.0344. The number of hydrogen-bond acceptors (Lipinski definition) is 4. The molecule has 0 spiro atoms. The Balaban J connectivity index is 1.62. The molecule has 1 heterocycles. The summed E-state index contributed by atoms with van der Waals surface area (Å²) in [5, 5.41) is 16.7. The second kappa shape index (κ2) is 5.40. The zero-order valence-corrected chi connectivity index (χ0v) is 11.4. The number of rotatable bonds is 4. The number of H-pyrrole nitrogens is 1. The fourth-order valence-corrected chi connectivity index (χ4v) is 2.53. The summed E-state index contributed by atoms with van der Waals surface area (Å²) in [4.78, 5) is 12.1. The summed E-state index contributed by atoms with van der Waals surface area (Å²) >= 11 is 0. The molecule has 1 aliphatic carbocycles. The summed E-state index contributed by atoms with van der Waals surface area (Å²) in [5.74, 6) is 0.599. The Hall–Kier alpha value is -2.24. The predicted molar refractivity (Wildman–Crippen MR) is 73.4 cm³/mol. The van der Waals surface area contributed by atoms with Crippen molar-refractivity contribution in [3.8, 4) is 0 Å². The van der Waals surface area contributed by atoms with Gasteiger partial charge in [0.1, 0.15) is 0 Å². The van der Waals surface area contributed by atoms with Crippen molar-refractivity contribution in [2.24, 2.45) is 0 Å². The fourth-order valence-electron chi connectivity index (χ4n) is 2.53. The van der Waals surface area contributed by atoms with Crippen LogP contribution in [0.1, 0.15) is 46.6 Å². The second-order valence-corrected chi connectivity index (χ2v) is 5.22. The van der Waals surface area contributed by atoms with Gasteiger partial charge in [-0.1, -0.05) is 18.2 Å². The van der Waals surface area contributed by atoms with E-state index in [0.29, 0.717) is 12.4 Å². The first-order chi connectivity index (χ1) is 9.74. The van der Waals surface area contributed by atoms with Gasteiger partial charge in [0.05, 0.1) is 0 Å². The zero-order chi connectivity index (χ0) is 13.9. The molecule has 1 aliphatic rings. The van der Waals surface area contributed by atoms with Crippen LogP contribution >= 0.6 is 0 Å². The largest absolute Gasteiger partial charge is 0.351 e. The van der Waals surface area contributed by atoms with E-state index in [-0.39, 0.29) is 11.8 Å². The van der Waals surface area contributed by atoms with Crippen LogP contribution in [0.3, 0.4) is 0 Å². The Morgan fingerprint density at radius 3 is 3.05 bits per heavy atom. The first kappa shape index (κ1) is 12.8. The lowest BCUT2D eigenvalue weighted by Gasteiger charge is -2.10. The van der Waals surface area contributed by atoms with E-state index in [2.05, 4.69) is 32.0 Å². The van der Waals surface area contributed by atoms with E-state index in [1.54, 1.807) is 0 Å². The van der Waals surface area contributed by atoms with Crippen LogP contribution in [0, 0.1) is 0 Å². The van der Waals surface area contributed by atoms with E-state index < -0.39 is 0 Å². The van der Waals surface area contributed by atoms with Gasteiger partial charge in [0, 0.05) is 18.0 Å². The molecule has 1 aromatic carbocycles. The van der Waals surface area contributed by atoms with Gasteiger partial charge < -0.3 is 5.32 Å². The number of benzene rings is 1. The number of fused-ring (bicyclic) bond motifs is 1. The summed E-state index contributed by atoms with van der Waals surface area (Å²) in [6.07, 6.45) is 3.40. The van der Waals surface area contributed by atoms with Crippen LogP contribution in [-0.2, 0) is 12.8 Å². The van der Waals surface area contributed by atoms with Crippen molar-refractivity contribution in [3.63, 3.8) is 0 Å². The van der Waals surface area contributed by atoms with E-state index in [9.17, 15) is 4.79 Å². The molecule has 1 amide bonds. The van der Waals surface area contributed by atoms with Gasteiger partial charge in [-0.3, -0.25) is 4.79 Å². The summed E-state index contributed by atoms with van der Waals surface area (Å²) in [6, 6.07) is 5.98. The van der Waals surface area contributed by atoms with Crippen molar-refractivity contribution < 1.29 is 4.79 Å². The number of aryl methyl sites for hydroxylation is 2. The smallest absolute Gasteiger partial charge is 0.251 e. The highest BCUT2D eigenvalue weighted by Gasteiger charge is 2.15. The van der Waals surface area contributed by atoms with Crippen LogP contribution in [0.25, 0.3) is 0 Å². The molecule has 1 unspecified atom stereocenters. The Morgan fingerprint density at radius 2 is 2.25 bits per heavy atom. The third kappa shape index (κ3) is 2.54. The van der Waals surface area contributed by atoms with Crippen molar-refractivity contribution in [3.05, 3.63) is 40.7 Å². The van der Waals surface area contributed by atoms with E-state index in [0.717, 1.165) is 18.4 Å². The van der Waals surface area contributed by atoms with Gasteiger partial charge in [-0.15, -0.1) is 10.2 Å². The summed E-state index contributed by atoms with van der Waals surface area (Å²) in [6.45, 7) is 2.45. The monoisotopic (exact) mass is 271 g/mol. The van der Waals surface area contributed by atoms with Crippen molar-refractivity contribution in [2.75, 3.05) is 6.54 Å². The third-order valence-corrected chi connectivity index (χ3v) is 3.73. The average molecular weight is 271 g/mol. The lowest BCUT2D eigenvalue weighted by molar-refractivity contribution is 0.0951. The molecule has 0 saturated heterocycles. The fraction of sp³-hybridized carbons (Fsp3) is 0.429. The third-order valence-electron chi connectivity index (χ3n) is 3.73. The van der Waals surface area contributed by atoms with E-state index in [4.69, 9.17) is 0 Å². The Morgan fingerprint density at radius 1 is 1.40 bits per heavy atom. The number of nitrogens with zero attached hydrogens (tertiary/aromatic N) is 3. The van der Waals surface area contributed by atoms with Crippen LogP contribution in [0.2, 0.25) is 0 Å². The van der Waals surface area contributed by atoms with Gasteiger partial charge in [-0.25, -0.2) is 0 Å². The predicted octanol–water partition coefficient (Wildman–Crippen LogP) is 1.22. The molecule has 1 aromatic heterocycles. The van der Waals surface area contributed by atoms with Crippen molar-refractivity contribution >= 4 is 5.91 Å². The van der Waals surface area contributed by atoms with Gasteiger partial charge in [0.15, 0.2) is 5.82 Å². The number of hydrogen-bond donors (Lipinski definition) is 2. The number of tetrazole rings is 1. The highest BCUT2D eigenvalue weighted by Crippen LogP contribution is 2.22. The molecule has 0 aliphatic heterocycles. The van der Waals surface area contributed by atoms with Crippen LogP contribution in [0.5, 0.6) is 0 Å². The van der Waals surface area contributed by atoms with Crippen LogP contribution < -0.4 is 5.32 Å². The molecule has 0 bridgehead atoms. The maximum absolute atomic E-state index is 12.1. The number of amides is 1. The molecule has 20 heavy (non-hydrogen) atoms. The molecular formula is C14H17N5O. The number of aromatic amines is 1. The highest BCUT2D eigenvalue weighted by atomic mass is 16.1. The maximum atomic E-state index is 12.1. The van der Waals surface area contributed by atoms with Crippen LogP contribution in [0.4, 0.5) is 0 Å². The molecule has 0 saturated carbocycles. The van der Waals surface area contributed by atoms with E-state index in [1.165, 1.54) is 17.5 Å². The molecule has 2 N–H and O–H groups in total. The topological polar surface area (TPSA) is 83.6 Å².